The number of rotatable bonds is 2. The lowest BCUT2D eigenvalue weighted by atomic mass is 10.2. The Morgan fingerprint density at radius 2 is 2.14 bits per heavy atom. The summed E-state index contributed by atoms with van der Waals surface area (Å²) < 4.78 is 10.8. The van der Waals surface area contributed by atoms with Crippen LogP contribution >= 0.6 is 0 Å². The van der Waals surface area contributed by atoms with Gasteiger partial charge in [-0.3, -0.25) is 9.69 Å². The molecule has 1 aromatic rings. The maximum atomic E-state index is 12.2. The quantitative estimate of drug-likeness (QED) is 0.821. The number of fused-ring (bicyclic) bond motifs is 1. The summed E-state index contributed by atoms with van der Waals surface area (Å²) in [5.74, 6) is -0.0830. The third-order valence-electron chi connectivity index (χ3n) is 3.89. The first kappa shape index (κ1) is 13.9. The normalized spacial score (nSPS) is 24.9. The van der Waals surface area contributed by atoms with Crippen molar-refractivity contribution in [3.05, 3.63) is 35.9 Å². The molecule has 1 aromatic carbocycles. The van der Waals surface area contributed by atoms with Crippen molar-refractivity contribution in [2.45, 2.75) is 25.8 Å². The number of piperazine rings is 1. The molecular formula is C15H18N2O4. The van der Waals surface area contributed by atoms with Crippen LogP contribution in [0.1, 0.15) is 12.5 Å². The molecule has 2 aliphatic rings. The van der Waals surface area contributed by atoms with E-state index < -0.39 is 12.1 Å². The van der Waals surface area contributed by atoms with E-state index in [0.717, 1.165) is 5.56 Å². The molecule has 0 N–H and O–H groups in total. The molecule has 112 valence electrons. The largest absolute Gasteiger partial charge is 0.445 e. The smallest absolute Gasteiger partial charge is 0.410 e. The molecule has 2 heterocycles. The minimum absolute atomic E-state index is 0.0830. The lowest BCUT2D eigenvalue weighted by Gasteiger charge is -2.39. The molecule has 0 aromatic heterocycles. The van der Waals surface area contributed by atoms with Gasteiger partial charge in [0.15, 0.2) is 0 Å². The number of hydrogen-bond donors (Lipinski definition) is 0. The number of benzene rings is 1. The van der Waals surface area contributed by atoms with Crippen molar-refractivity contribution in [2.24, 2.45) is 0 Å². The third kappa shape index (κ3) is 2.71. The number of amides is 2. The SMILES string of the molecule is CC1C(=O)N2CCOC2CN1C(=O)OCc1ccccc1. The third-order valence-corrected chi connectivity index (χ3v) is 3.89. The molecule has 2 unspecified atom stereocenters. The zero-order valence-electron chi connectivity index (χ0n) is 11.9. The summed E-state index contributed by atoms with van der Waals surface area (Å²) in [6, 6.07) is 8.95. The summed E-state index contributed by atoms with van der Waals surface area (Å²) in [5.41, 5.74) is 0.917. The molecule has 0 saturated carbocycles. The highest BCUT2D eigenvalue weighted by atomic mass is 16.6. The zero-order valence-corrected chi connectivity index (χ0v) is 11.9. The number of nitrogens with zero attached hydrogens (tertiary/aromatic N) is 2. The first-order chi connectivity index (χ1) is 10.2. The van der Waals surface area contributed by atoms with Crippen LogP contribution in [-0.2, 0) is 20.9 Å². The molecule has 2 saturated heterocycles. The minimum atomic E-state index is -0.508. The Bertz CT molecular complexity index is 534. The minimum Gasteiger partial charge on any atom is -0.445 e. The van der Waals surface area contributed by atoms with Gasteiger partial charge >= 0.3 is 6.09 Å². The van der Waals surface area contributed by atoms with Crippen LogP contribution in [0.3, 0.4) is 0 Å². The van der Waals surface area contributed by atoms with E-state index in [9.17, 15) is 9.59 Å². The van der Waals surface area contributed by atoms with Gasteiger partial charge in [-0.15, -0.1) is 0 Å². The molecule has 2 amide bonds. The van der Waals surface area contributed by atoms with Crippen LogP contribution in [0.5, 0.6) is 0 Å². The van der Waals surface area contributed by atoms with Gasteiger partial charge in [-0.2, -0.15) is 0 Å². The van der Waals surface area contributed by atoms with E-state index in [1.54, 1.807) is 11.8 Å². The fraction of sp³-hybridized carbons (Fsp3) is 0.467. The molecule has 6 nitrogen and oxygen atoms in total. The molecular weight excluding hydrogens is 272 g/mol. The van der Waals surface area contributed by atoms with Gasteiger partial charge in [0, 0.05) is 6.54 Å². The fourth-order valence-corrected chi connectivity index (χ4v) is 2.66. The van der Waals surface area contributed by atoms with Crippen molar-refractivity contribution < 1.29 is 19.1 Å². The van der Waals surface area contributed by atoms with Crippen LogP contribution in [0, 0.1) is 0 Å². The highest BCUT2D eigenvalue weighted by molar-refractivity contribution is 5.87. The van der Waals surface area contributed by atoms with Gasteiger partial charge in [0.25, 0.3) is 0 Å². The van der Waals surface area contributed by atoms with Gasteiger partial charge in [-0.05, 0) is 12.5 Å². The van der Waals surface area contributed by atoms with Crippen LogP contribution < -0.4 is 0 Å². The molecule has 3 rings (SSSR count). The number of hydrogen-bond acceptors (Lipinski definition) is 4. The second kappa shape index (κ2) is 5.73. The molecule has 2 aliphatic heterocycles. The van der Waals surface area contributed by atoms with Crippen molar-refractivity contribution in [3.8, 4) is 0 Å². The Morgan fingerprint density at radius 3 is 2.90 bits per heavy atom. The molecule has 0 spiro atoms. The van der Waals surface area contributed by atoms with Crippen molar-refractivity contribution in [2.75, 3.05) is 19.7 Å². The van der Waals surface area contributed by atoms with Gasteiger partial charge in [0.1, 0.15) is 18.9 Å². The van der Waals surface area contributed by atoms with Crippen molar-refractivity contribution in [3.63, 3.8) is 0 Å². The predicted molar refractivity (Wildman–Crippen MR) is 74.2 cm³/mol. The Balaban J connectivity index is 1.62. The standard InChI is InChI=1S/C15H18N2O4/c1-11-14(18)16-7-8-20-13(16)9-17(11)15(19)21-10-12-5-3-2-4-6-12/h2-6,11,13H,7-10H2,1H3. The van der Waals surface area contributed by atoms with Crippen LogP contribution in [-0.4, -0.2) is 53.8 Å². The second-order valence-electron chi connectivity index (χ2n) is 5.23. The maximum absolute atomic E-state index is 12.2. The lowest BCUT2D eigenvalue weighted by Crippen LogP contribution is -2.60. The zero-order chi connectivity index (χ0) is 14.8. The van der Waals surface area contributed by atoms with Crippen LogP contribution in [0.25, 0.3) is 0 Å². The molecule has 2 atom stereocenters. The van der Waals surface area contributed by atoms with Crippen LogP contribution in [0.15, 0.2) is 30.3 Å². The first-order valence-corrected chi connectivity index (χ1v) is 7.06. The number of ether oxygens (including phenoxy) is 2. The van der Waals surface area contributed by atoms with Gasteiger partial charge < -0.3 is 14.4 Å². The van der Waals surface area contributed by atoms with Crippen molar-refractivity contribution >= 4 is 12.0 Å². The summed E-state index contributed by atoms with van der Waals surface area (Å²) >= 11 is 0. The van der Waals surface area contributed by atoms with Crippen LogP contribution in [0.2, 0.25) is 0 Å². The summed E-state index contributed by atoms with van der Waals surface area (Å²) in [6.07, 6.45) is -0.812. The van der Waals surface area contributed by atoms with Crippen molar-refractivity contribution in [1.29, 1.82) is 0 Å². The summed E-state index contributed by atoms with van der Waals surface area (Å²) in [7, 11) is 0. The fourth-order valence-electron chi connectivity index (χ4n) is 2.66. The molecule has 21 heavy (non-hydrogen) atoms. The van der Waals surface area contributed by atoms with E-state index in [0.29, 0.717) is 19.7 Å². The Morgan fingerprint density at radius 1 is 1.38 bits per heavy atom. The predicted octanol–water partition coefficient (Wildman–Crippen LogP) is 1.21. The van der Waals surface area contributed by atoms with Crippen LogP contribution in [0.4, 0.5) is 4.79 Å². The van der Waals surface area contributed by atoms with Gasteiger partial charge in [0.2, 0.25) is 5.91 Å². The molecule has 0 bridgehead atoms. The average Bonchev–Trinajstić information content (AvgIpc) is 2.98. The summed E-state index contributed by atoms with van der Waals surface area (Å²) in [6.45, 7) is 3.41. The average molecular weight is 290 g/mol. The first-order valence-electron chi connectivity index (χ1n) is 7.06. The topological polar surface area (TPSA) is 59.1 Å². The Kier molecular flexibility index (Phi) is 3.79. The van der Waals surface area contributed by atoms with Gasteiger partial charge in [-0.1, -0.05) is 30.3 Å². The maximum Gasteiger partial charge on any atom is 0.410 e. The van der Waals surface area contributed by atoms with E-state index in [1.807, 2.05) is 30.3 Å². The van der Waals surface area contributed by atoms with E-state index in [1.165, 1.54) is 4.90 Å². The van der Waals surface area contributed by atoms with E-state index in [2.05, 4.69) is 0 Å². The van der Waals surface area contributed by atoms with Crippen molar-refractivity contribution in [1.82, 2.24) is 9.80 Å². The van der Waals surface area contributed by atoms with E-state index in [-0.39, 0.29) is 18.7 Å². The van der Waals surface area contributed by atoms with Gasteiger partial charge in [-0.25, -0.2) is 4.79 Å². The monoisotopic (exact) mass is 290 g/mol. The second-order valence-corrected chi connectivity index (χ2v) is 5.23. The molecule has 0 aliphatic carbocycles. The lowest BCUT2D eigenvalue weighted by molar-refractivity contribution is -0.149. The van der Waals surface area contributed by atoms with Gasteiger partial charge in [0.05, 0.1) is 13.2 Å². The highest BCUT2D eigenvalue weighted by Gasteiger charge is 2.43. The van der Waals surface area contributed by atoms with E-state index >= 15 is 0 Å². The molecule has 6 heteroatoms. The summed E-state index contributed by atoms with van der Waals surface area (Å²) in [4.78, 5) is 27.5. The molecule has 2 fully saturated rings. The number of carbonyl (C=O) groups is 2. The Labute approximate surface area is 123 Å². The highest BCUT2D eigenvalue weighted by Crippen LogP contribution is 2.22. The number of carbonyl (C=O) groups excluding carboxylic acids is 2. The summed E-state index contributed by atoms with van der Waals surface area (Å²) in [5, 5.41) is 0. The van der Waals surface area contributed by atoms with E-state index in [4.69, 9.17) is 9.47 Å². The molecule has 0 radical (unpaired) electrons. The Hall–Kier alpha value is -2.08.